The largest absolute Gasteiger partial charge is 0.389 e. The minimum absolute atomic E-state index is 0.123. The molecule has 0 bridgehead atoms. The summed E-state index contributed by atoms with van der Waals surface area (Å²) in [7, 11) is 0. The summed E-state index contributed by atoms with van der Waals surface area (Å²) in [5, 5.41) is 9.31. The van der Waals surface area contributed by atoms with Crippen molar-refractivity contribution in [2.45, 2.75) is 13.0 Å². The average molecular weight is 176 g/mol. The van der Waals surface area contributed by atoms with Gasteiger partial charge in [0.2, 0.25) is 5.95 Å². The number of hydrogen-bond acceptors (Lipinski definition) is 2. The van der Waals surface area contributed by atoms with Gasteiger partial charge in [0.1, 0.15) is 0 Å². The van der Waals surface area contributed by atoms with Gasteiger partial charge >= 0.3 is 0 Å². The summed E-state index contributed by atoms with van der Waals surface area (Å²) in [6.07, 6.45) is 0.323. The molecule has 0 amide bonds. The molecule has 0 aliphatic rings. The molecule has 0 aromatic carbocycles. The Morgan fingerprint density at radius 3 is 2.82 bits per heavy atom. The molecule has 4 heteroatoms. The van der Waals surface area contributed by atoms with E-state index in [-0.39, 0.29) is 5.56 Å². The van der Waals surface area contributed by atoms with Crippen LogP contribution >= 0.6 is 11.6 Å². The minimum Gasteiger partial charge on any atom is -0.389 e. The number of halogens is 2. The predicted octanol–water partition coefficient (Wildman–Crippen LogP) is 1.93. The highest BCUT2D eigenvalue weighted by Gasteiger charge is 2.08. The molecule has 0 saturated heterocycles. The zero-order chi connectivity index (χ0) is 8.43. The van der Waals surface area contributed by atoms with Gasteiger partial charge in [-0.2, -0.15) is 4.39 Å². The molecule has 0 fully saturated rings. The van der Waals surface area contributed by atoms with E-state index in [9.17, 15) is 4.39 Å². The van der Waals surface area contributed by atoms with E-state index in [1.165, 1.54) is 19.2 Å². The molecule has 11 heavy (non-hydrogen) atoms. The van der Waals surface area contributed by atoms with Gasteiger partial charge in [0.15, 0.2) is 0 Å². The zero-order valence-corrected chi connectivity index (χ0v) is 6.64. The van der Waals surface area contributed by atoms with E-state index in [4.69, 9.17) is 16.7 Å². The maximum Gasteiger partial charge on any atom is 0.218 e. The van der Waals surface area contributed by atoms with Crippen LogP contribution in [-0.2, 0) is 0 Å². The Bertz CT molecular complexity index is 265. The van der Waals surface area contributed by atoms with Gasteiger partial charge in [-0.25, -0.2) is 4.98 Å². The van der Waals surface area contributed by atoms with Crippen LogP contribution in [0.5, 0.6) is 0 Å². The molecule has 0 radical (unpaired) electrons. The molecule has 0 spiro atoms. The Kier molecular flexibility index (Phi) is 2.42. The van der Waals surface area contributed by atoms with Gasteiger partial charge < -0.3 is 5.11 Å². The van der Waals surface area contributed by atoms with Gasteiger partial charge in [0.05, 0.1) is 11.1 Å². The van der Waals surface area contributed by atoms with E-state index in [2.05, 4.69) is 4.98 Å². The third kappa shape index (κ3) is 1.88. The fraction of sp³-hybridized carbons (Fsp3) is 0.286. The summed E-state index contributed by atoms with van der Waals surface area (Å²) in [6, 6.07) is 1.36. The maximum absolute atomic E-state index is 12.7. The average Bonchev–Trinajstić information content (AvgIpc) is 1.94. The van der Waals surface area contributed by atoms with Crippen LogP contribution in [0.1, 0.15) is 18.6 Å². The lowest BCUT2D eigenvalue weighted by atomic mass is 10.2. The lowest BCUT2D eigenvalue weighted by Crippen LogP contribution is -1.97. The summed E-state index contributed by atoms with van der Waals surface area (Å²) in [5.74, 6) is -0.676. The Hall–Kier alpha value is -0.670. The standard InChI is InChI=1S/C7H7ClFNO/c1-4(11)6-2-5(8)3-10-7(6)9/h2-4,11H,1H3. The summed E-state index contributed by atoms with van der Waals surface area (Å²) in [4.78, 5) is 3.34. The first kappa shape index (κ1) is 8.43. The Balaban J connectivity index is 3.13. The van der Waals surface area contributed by atoms with E-state index in [1.54, 1.807) is 0 Å². The quantitative estimate of drug-likeness (QED) is 0.662. The molecular weight excluding hydrogens is 169 g/mol. The second-order valence-electron chi connectivity index (χ2n) is 2.21. The summed E-state index contributed by atoms with van der Waals surface area (Å²) in [5.41, 5.74) is 0.123. The van der Waals surface area contributed by atoms with Gasteiger partial charge in [0.25, 0.3) is 0 Å². The third-order valence-electron chi connectivity index (χ3n) is 1.28. The predicted molar refractivity (Wildman–Crippen MR) is 39.8 cm³/mol. The van der Waals surface area contributed by atoms with Crippen LogP contribution in [0.3, 0.4) is 0 Å². The molecule has 0 saturated carbocycles. The number of pyridine rings is 1. The van der Waals surface area contributed by atoms with Crippen LogP contribution in [0.2, 0.25) is 5.02 Å². The summed E-state index contributed by atoms with van der Waals surface area (Å²) in [6.45, 7) is 1.45. The summed E-state index contributed by atoms with van der Waals surface area (Å²) < 4.78 is 12.7. The van der Waals surface area contributed by atoms with Crippen molar-refractivity contribution in [1.29, 1.82) is 0 Å². The second kappa shape index (κ2) is 3.15. The van der Waals surface area contributed by atoms with Crippen molar-refractivity contribution in [2.24, 2.45) is 0 Å². The topological polar surface area (TPSA) is 33.1 Å². The molecule has 1 heterocycles. The molecule has 1 aromatic rings. The van der Waals surface area contributed by atoms with Crippen molar-refractivity contribution in [3.8, 4) is 0 Å². The number of aliphatic hydroxyl groups excluding tert-OH is 1. The Morgan fingerprint density at radius 2 is 2.36 bits per heavy atom. The smallest absolute Gasteiger partial charge is 0.218 e. The van der Waals surface area contributed by atoms with Gasteiger partial charge in [-0.3, -0.25) is 0 Å². The maximum atomic E-state index is 12.7. The van der Waals surface area contributed by atoms with Gasteiger partial charge in [-0.15, -0.1) is 0 Å². The van der Waals surface area contributed by atoms with Crippen LogP contribution in [-0.4, -0.2) is 10.1 Å². The van der Waals surface area contributed by atoms with Crippen LogP contribution in [0.25, 0.3) is 0 Å². The number of nitrogens with zero attached hydrogens (tertiary/aromatic N) is 1. The van der Waals surface area contributed by atoms with Crippen LogP contribution < -0.4 is 0 Å². The molecular formula is C7H7ClFNO. The second-order valence-corrected chi connectivity index (χ2v) is 2.65. The number of hydrogen-bond donors (Lipinski definition) is 1. The lowest BCUT2D eigenvalue weighted by molar-refractivity contribution is 0.193. The SMILES string of the molecule is CC(O)c1cc(Cl)cnc1F. The van der Waals surface area contributed by atoms with E-state index < -0.39 is 12.1 Å². The van der Waals surface area contributed by atoms with Crippen molar-refractivity contribution < 1.29 is 9.50 Å². The van der Waals surface area contributed by atoms with E-state index >= 15 is 0 Å². The number of aromatic nitrogens is 1. The highest BCUT2D eigenvalue weighted by atomic mass is 35.5. The Labute approximate surface area is 68.6 Å². The van der Waals surface area contributed by atoms with Crippen molar-refractivity contribution in [2.75, 3.05) is 0 Å². The molecule has 1 N–H and O–H groups in total. The highest BCUT2D eigenvalue weighted by Crippen LogP contribution is 2.18. The molecule has 1 unspecified atom stereocenters. The molecule has 2 nitrogen and oxygen atoms in total. The van der Waals surface area contributed by atoms with E-state index in [0.29, 0.717) is 5.02 Å². The van der Waals surface area contributed by atoms with E-state index in [1.807, 2.05) is 0 Å². The first-order valence-corrected chi connectivity index (χ1v) is 3.48. The van der Waals surface area contributed by atoms with Crippen LogP contribution in [0.4, 0.5) is 4.39 Å². The first-order valence-electron chi connectivity index (χ1n) is 3.10. The van der Waals surface area contributed by atoms with Crippen LogP contribution in [0.15, 0.2) is 12.3 Å². The molecule has 60 valence electrons. The number of rotatable bonds is 1. The first-order chi connectivity index (χ1) is 5.11. The summed E-state index contributed by atoms with van der Waals surface area (Å²) >= 11 is 5.52. The van der Waals surface area contributed by atoms with Gasteiger partial charge in [0, 0.05) is 11.8 Å². The third-order valence-corrected chi connectivity index (χ3v) is 1.49. The lowest BCUT2D eigenvalue weighted by Gasteiger charge is -2.04. The highest BCUT2D eigenvalue weighted by molar-refractivity contribution is 6.30. The molecule has 1 rings (SSSR count). The monoisotopic (exact) mass is 175 g/mol. The fourth-order valence-corrected chi connectivity index (χ4v) is 0.898. The van der Waals surface area contributed by atoms with E-state index in [0.717, 1.165) is 0 Å². The van der Waals surface area contributed by atoms with Crippen LogP contribution in [0, 0.1) is 5.95 Å². The Morgan fingerprint density at radius 1 is 1.73 bits per heavy atom. The number of aliphatic hydroxyl groups is 1. The van der Waals surface area contributed by atoms with Crippen molar-refractivity contribution in [3.63, 3.8) is 0 Å². The van der Waals surface area contributed by atoms with Crippen molar-refractivity contribution in [3.05, 3.63) is 28.8 Å². The molecule has 0 aliphatic carbocycles. The zero-order valence-electron chi connectivity index (χ0n) is 5.88. The molecule has 1 aromatic heterocycles. The van der Waals surface area contributed by atoms with Crippen molar-refractivity contribution >= 4 is 11.6 Å². The van der Waals surface area contributed by atoms with Crippen molar-refractivity contribution in [1.82, 2.24) is 4.98 Å². The molecule has 1 atom stereocenters. The van der Waals surface area contributed by atoms with Gasteiger partial charge in [-0.05, 0) is 13.0 Å². The molecule has 0 aliphatic heterocycles. The minimum atomic E-state index is -0.874. The van der Waals surface area contributed by atoms with Gasteiger partial charge in [-0.1, -0.05) is 11.6 Å². The fourth-order valence-electron chi connectivity index (χ4n) is 0.731. The normalized spacial score (nSPS) is 13.1.